The minimum Gasteiger partial charge on any atom is -0.379 e. The molecule has 2 aromatic heterocycles. The normalized spacial score (nSPS) is 10.4. The van der Waals surface area contributed by atoms with Crippen LogP contribution in [0.3, 0.4) is 0 Å². The van der Waals surface area contributed by atoms with E-state index in [9.17, 15) is 0 Å². The molecule has 0 aliphatic heterocycles. The van der Waals surface area contributed by atoms with E-state index in [2.05, 4.69) is 39.6 Å². The Bertz CT molecular complexity index is 677. The molecule has 0 radical (unpaired) electrons. The molecule has 3 aromatic rings. The summed E-state index contributed by atoms with van der Waals surface area (Å²) in [5.41, 5.74) is 3.10. The monoisotopic (exact) mass is 284 g/mol. The summed E-state index contributed by atoms with van der Waals surface area (Å²) in [6.07, 6.45) is 8.86. The Labute approximate surface area is 122 Å². The molecule has 0 unspecified atom stereocenters. The molecule has 5 heteroatoms. The maximum absolute atomic E-state index is 6.07. The summed E-state index contributed by atoms with van der Waals surface area (Å²) in [7, 11) is 0. The first-order valence-corrected chi connectivity index (χ1v) is 6.61. The van der Waals surface area contributed by atoms with Gasteiger partial charge in [-0.15, -0.1) is 0 Å². The molecule has 0 atom stereocenters. The summed E-state index contributed by atoms with van der Waals surface area (Å²) in [5.74, 6) is 0. The Morgan fingerprint density at radius 2 is 1.90 bits per heavy atom. The lowest BCUT2D eigenvalue weighted by atomic mass is 10.2. The second kappa shape index (κ2) is 5.75. The smallest absolute Gasteiger partial charge is 0.0991 e. The molecule has 2 heterocycles. The maximum atomic E-state index is 6.07. The van der Waals surface area contributed by atoms with Gasteiger partial charge in [0, 0.05) is 30.8 Å². The number of rotatable bonds is 4. The Morgan fingerprint density at radius 3 is 2.60 bits per heavy atom. The summed E-state index contributed by atoms with van der Waals surface area (Å²) in [6, 6.07) is 10.0. The summed E-state index contributed by atoms with van der Waals surface area (Å²) >= 11 is 6.07. The molecule has 0 bridgehead atoms. The van der Waals surface area contributed by atoms with Gasteiger partial charge in [0.05, 0.1) is 23.2 Å². The van der Waals surface area contributed by atoms with Gasteiger partial charge in [-0.2, -0.15) is 0 Å². The zero-order valence-corrected chi connectivity index (χ0v) is 11.5. The van der Waals surface area contributed by atoms with Gasteiger partial charge in [-0.05, 0) is 23.8 Å². The van der Waals surface area contributed by atoms with Crippen LogP contribution in [0.25, 0.3) is 5.69 Å². The predicted octanol–water partition coefficient (Wildman–Crippen LogP) is 3.53. The van der Waals surface area contributed by atoms with E-state index in [1.54, 1.807) is 31.0 Å². The van der Waals surface area contributed by atoms with E-state index in [0.717, 1.165) is 11.4 Å². The fourth-order valence-electron chi connectivity index (χ4n) is 1.90. The average Bonchev–Trinajstić information content (AvgIpc) is 3.01. The van der Waals surface area contributed by atoms with Crippen molar-refractivity contribution in [2.75, 3.05) is 5.32 Å². The van der Waals surface area contributed by atoms with E-state index in [-0.39, 0.29) is 0 Å². The quantitative estimate of drug-likeness (QED) is 0.797. The fourth-order valence-corrected chi connectivity index (χ4v) is 2.07. The maximum Gasteiger partial charge on any atom is 0.0991 e. The van der Waals surface area contributed by atoms with Crippen molar-refractivity contribution in [2.45, 2.75) is 6.54 Å². The van der Waals surface area contributed by atoms with Crippen molar-refractivity contribution >= 4 is 17.3 Å². The zero-order valence-electron chi connectivity index (χ0n) is 10.7. The molecule has 0 saturated carbocycles. The van der Waals surface area contributed by atoms with Crippen LogP contribution in [0.5, 0.6) is 0 Å². The first kappa shape index (κ1) is 12.7. The Hall–Kier alpha value is -2.33. The molecule has 4 nitrogen and oxygen atoms in total. The van der Waals surface area contributed by atoms with E-state index in [0.29, 0.717) is 11.6 Å². The Balaban J connectivity index is 1.68. The number of pyridine rings is 1. The highest BCUT2D eigenvalue weighted by molar-refractivity contribution is 6.33. The number of aromatic nitrogens is 3. The third-order valence-electron chi connectivity index (χ3n) is 2.99. The van der Waals surface area contributed by atoms with Gasteiger partial charge >= 0.3 is 0 Å². The number of hydrogen-bond acceptors (Lipinski definition) is 3. The van der Waals surface area contributed by atoms with E-state index < -0.39 is 0 Å². The largest absolute Gasteiger partial charge is 0.379 e. The number of nitrogens with zero attached hydrogens (tertiary/aromatic N) is 3. The second-order valence-electron chi connectivity index (χ2n) is 4.35. The average molecular weight is 285 g/mol. The number of nitrogens with one attached hydrogen (secondary N) is 1. The number of hydrogen-bond donors (Lipinski definition) is 1. The van der Waals surface area contributed by atoms with E-state index in [1.807, 2.05) is 10.8 Å². The number of anilines is 1. The molecular formula is C15H13ClN4. The SMILES string of the molecule is Clc1ccncc1NCc1ccc(-n2ccnc2)cc1. The summed E-state index contributed by atoms with van der Waals surface area (Å²) in [5, 5.41) is 3.95. The van der Waals surface area contributed by atoms with Crippen molar-refractivity contribution in [3.8, 4) is 5.69 Å². The molecule has 0 aliphatic rings. The number of imidazole rings is 1. The molecule has 3 rings (SSSR count). The molecule has 0 spiro atoms. The molecular weight excluding hydrogens is 272 g/mol. The lowest BCUT2D eigenvalue weighted by molar-refractivity contribution is 1.05. The Kier molecular flexibility index (Phi) is 3.65. The molecule has 20 heavy (non-hydrogen) atoms. The summed E-state index contributed by atoms with van der Waals surface area (Å²) in [6.45, 7) is 0.704. The van der Waals surface area contributed by atoms with Crippen LogP contribution in [0, 0.1) is 0 Å². The highest BCUT2D eigenvalue weighted by Gasteiger charge is 2.00. The van der Waals surface area contributed by atoms with Crippen molar-refractivity contribution in [1.82, 2.24) is 14.5 Å². The van der Waals surface area contributed by atoms with Crippen LogP contribution < -0.4 is 5.32 Å². The Morgan fingerprint density at radius 1 is 1.05 bits per heavy atom. The van der Waals surface area contributed by atoms with Crippen LogP contribution in [0.4, 0.5) is 5.69 Å². The molecule has 0 saturated heterocycles. The molecule has 0 aliphatic carbocycles. The molecule has 0 amide bonds. The highest BCUT2D eigenvalue weighted by Crippen LogP contribution is 2.20. The summed E-state index contributed by atoms with van der Waals surface area (Å²) < 4.78 is 1.97. The van der Waals surface area contributed by atoms with Gasteiger partial charge in [0.2, 0.25) is 0 Å². The minimum absolute atomic E-state index is 0.676. The van der Waals surface area contributed by atoms with Crippen molar-refractivity contribution in [1.29, 1.82) is 0 Å². The highest BCUT2D eigenvalue weighted by atomic mass is 35.5. The van der Waals surface area contributed by atoms with E-state index in [4.69, 9.17) is 11.6 Å². The summed E-state index contributed by atoms with van der Waals surface area (Å²) in [4.78, 5) is 8.08. The second-order valence-corrected chi connectivity index (χ2v) is 4.75. The van der Waals surface area contributed by atoms with Gasteiger partial charge in [-0.1, -0.05) is 23.7 Å². The van der Waals surface area contributed by atoms with Gasteiger partial charge in [-0.25, -0.2) is 4.98 Å². The van der Waals surface area contributed by atoms with Gasteiger partial charge in [0.1, 0.15) is 0 Å². The van der Waals surface area contributed by atoms with Crippen LogP contribution in [0.15, 0.2) is 61.4 Å². The number of halogens is 1. The lowest BCUT2D eigenvalue weighted by Crippen LogP contribution is -2.00. The van der Waals surface area contributed by atoms with Crippen LogP contribution in [-0.4, -0.2) is 14.5 Å². The van der Waals surface area contributed by atoms with Crippen LogP contribution in [0.2, 0.25) is 5.02 Å². The number of benzene rings is 1. The van der Waals surface area contributed by atoms with E-state index >= 15 is 0 Å². The van der Waals surface area contributed by atoms with Gasteiger partial charge in [0.15, 0.2) is 0 Å². The van der Waals surface area contributed by atoms with Crippen LogP contribution in [0.1, 0.15) is 5.56 Å². The standard InChI is InChI=1S/C15H13ClN4/c16-14-5-6-17-10-15(14)19-9-12-1-3-13(4-2-12)20-8-7-18-11-20/h1-8,10-11,19H,9H2. The lowest BCUT2D eigenvalue weighted by Gasteiger charge is -2.08. The van der Waals surface area contributed by atoms with Crippen LogP contribution >= 0.6 is 11.6 Å². The third-order valence-corrected chi connectivity index (χ3v) is 3.32. The predicted molar refractivity (Wildman–Crippen MR) is 80.1 cm³/mol. The molecule has 0 fully saturated rings. The molecule has 1 aromatic carbocycles. The van der Waals surface area contributed by atoms with Gasteiger partial charge in [0.25, 0.3) is 0 Å². The minimum atomic E-state index is 0.676. The van der Waals surface area contributed by atoms with Crippen molar-refractivity contribution in [3.05, 3.63) is 72.0 Å². The first-order chi connectivity index (χ1) is 9.83. The van der Waals surface area contributed by atoms with Crippen molar-refractivity contribution in [2.24, 2.45) is 0 Å². The topological polar surface area (TPSA) is 42.7 Å². The van der Waals surface area contributed by atoms with Crippen LogP contribution in [-0.2, 0) is 6.54 Å². The van der Waals surface area contributed by atoms with Crippen molar-refractivity contribution in [3.63, 3.8) is 0 Å². The third kappa shape index (κ3) is 2.81. The van der Waals surface area contributed by atoms with Crippen molar-refractivity contribution < 1.29 is 0 Å². The molecule has 100 valence electrons. The molecule has 1 N–H and O–H groups in total. The fraction of sp³-hybridized carbons (Fsp3) is 0.0667. The first-order valence-electron chi connectivity index (χ1n) is 6.23. The van der Waals surface area contributed by atoms with Gasteiger partial charge < -0.3 is 9.88 Å². The van der Waals surface area contributed by atoms with Gasteiger partial charge in [-0.3, -0.25) is 4.98 Å². The zero-order chi connectivity index (χ0) is 13.8. The van der Waals surface area contributed by atoms with E-state index in [1.165, 1.54) is 5.56 Å².